The molecule has 4 aromatic heterocycles. The molecule has 3 N–H and O–H groups in total. The van der Waals surface area contributed by atoms with Gasteiger partial charge in [-0.25, -0.2) is 9.97 Å². The number of ether oxygens (including phenoxy) is 10. The van der Waals surface area contributed by atoms with Crippen LogP contribution < -0.4 is 19.7 Å². The van der Waals surface area contributed by atoms with Crippen molar-refractivity contribution in [2.75, 3.05) is 70.7 Å². The molecular formula is C68H95BrCl2N8O14Si2. The lowest BCUT2D eigenvalue weighted by Gasteiger charge is -2.33. The highest BCUT2D eigenvalue weighted by atomic mass is 79.9. The van der Waals surface area contributed by atoms with Crippen LogP contribution in [0.3, 0.4) is 0 Å². The van der Waals surface area contributed by atoms with E-state index in [0.29, 0.717) is 107 Å². The average molecular weight is 1460 g/mol. The number of aliphatic hydroxyl groups is 2. The molecule has 0 saturated carbocycles. The lowest BCUT2D eigenvalue weighted by atomic mass is 9.93. The van der Waals surface area contributed by atoms with Crippen LogP contribution in [0, 0.1) is 11.8 Å². The molecule has 2 aromatic carbocycles. The van der Waals surface area contributed by atoms with Gasteiger partial charge in [0.25, 0.3) is 0 Å². The van der Waals surface area contributed by atoms with Gasteiger partial charge in [0.15, 0.2) is 23.5 Å². The number of nitrogens with one attached hydrogen (secondary N) is 1. The second-order valence-electron chi connectivity index (χ2n) is 28.5. The number of hydrogen-bond donors (Lipinski definition) is 3. The summed E-state index contributed by atoms with van der Waals surface area (Å²) in [5, 5.41) is 24.5. The molecule has 10 heterocycles. The normalized spacial score (nSPS) is 23.2. The minimum atomic E-state index is -1.28. The van der Waals surface area contributed by atoms with Gasteiger partial charge in [-0.15, -0.1) is 0 Å². The zero-order chi connectivity index (χ0) is 67.7. The number of pyridine rings is 2. The predicted octanol–water partition coefficient (Wildman–Crippen LogP) is 11.6. The summed E-state index contributed by atoms with van der Waals surface area (Å²) in [7, 11) is -2.52. The maximum Gasteiger partial charge on any atom is 0.306 e. The number of aliphatic hydroxyl groups excluding tert-OH is 2. The molecule has 27 heteroatoms. The van der Waals surface area contributed by atoms with E-state index < -0.39 is 46.7 Å². The lowest BCUT2D eigenvalue weighted by Crippen LogP contribution is -2.35. The Morgan fingerprint density at radius 1 is 0.600 bits per heavy atom. The summed E-state index contributed by atoms with van der Waals surface area (Å²) in [5.74, 6) is 0.741. The first-order valence-corrected chi connectivity index (χ1v) is 42.4. The summed E-state index contributed by atoms with van der Waals surface area (Å²) in [4.78, 5) is 45.1. The molecular weight excluding hydrogens is 1360 g/mol. The number of hydrogen-bond acceptors (Lipinski definition) is 20. The van der Waals surface area contributed by atoms with Crippen LogP contribution in [0.15, 0.2) is 65.1 Å². The van der Waals surface area contributed by atoms with Crippen LogP contribution in [0.2, 0.25) is 61.4 Å². The fourth-order valence-electron chi connectivity index (χ4n) is 12.3. The molecule has 6 aromatic rings. The van der Waals surface area contributed by atoms with Gasteiger partial charge < -0.3 is 67.8 Å². The quantitative estimate of drug-likeness (QED) is 0.0307. The number of anilines is 1. The van der Waals surface area contributed by atoms with Crippen molar-refractivity contribution in [2.24, 2.45) is 11.8 Å². The highest BCUT2D eigenvalue weighted by Gasteiger charge is 2.50. The number of piperidine rings is 2. The number of halogens is 3. The molecule has 0 radical (unpaired) electrons. The molecule has 0 spiro atoms. The molecule has 0 amide bonds. The maximum atomic E-state index is 12.1. The van der Waals surface area contributed by atoms with E-state index in [2.05, 4.69) is 82.5 Å². The Morgan fingerprint density at radius 2 is 1.01 bits per heavy atom. The molecule has 0 bridgehead atoms. The molecule has 6 aliphatic rings. The molecule has 0 unspecified atom stereocenters. The predicted molar refractivity (Wildman–Crippen MR) is 374 cm³/mol. The van der Waals surface area contributed by atoms with Crippen molar-refractivity contribution < 1.29 is 67.2 Å². The van der Waals surface area contributed by atoms with Gasteiger partial charge >= 0.3 is 24.0 Å². The zero-order valence-electron chi connectivity index (χ0n) is 56.4. The Morgan fingerprint density at radius 3 is 1.43 bits per heavy atom. The Balaban J connectivity index is 0.000000179. The SMILES string of the molecule is CC(C)OC(=O)CC1CCN(c2ccc(-c3nc4c(cc3Cl)nc(O[C@@H]3CO[C@H]5[C@@H]3OC[C@H]5O)n4COCC[Si](C)(C)C)cc2)CC1.CC(C)OC(=O)CC1CCNCC1.C[Si](C)(C)CCOCn1c(O[C@@H]2CO[C@H]3[C@@H]2OC[C@H]3O)nc2cc(Cl)c(-c3ccc(Br)cc3)nc21. The second-order valence-corrected chi connectivity index (χ2v) is 41.4. The Hall–Kier alpha value is -4.85. The fourth-order valence-corrected chi connectivity index (χ4v) is 14.6. The van der Waals surface area contributed by atoms with E-state index in [-0.39, 0.29) is 69.1 Å². The van der Waals surface area contributed by atoms with Crippen LogP contribution in [-0.4, -0.2) is 194 Å². The lowest BCUT2D eigenvalue weighted by molar-refractivity contribution is -0.149. The van der Waals surface area contributed by atoms with Crippen molar-refractivity contribution in [3.63, 3.8) is 0 Å². The van der Waals surface area contributed by atoms with Crippen molar-refractivity contribution in [1.82, 2.24) is 34.4 Å². The van der Waals surface area contributed by atoms with Crippen LogP contribution in [0.5, 0.6) is 12.0 Å². The molecule has 8 atom stereocenters. The Bertz CT molecular complexity index is 3510. The second kappa shape index (κ2) is 32.9. The maximum absolute atomic E-state index is 12.1. The minimum Gasteiger partial charge on any atom is -0.463 e. The molecule has 520 valence electrons. The molecule has 6 aliphatic heterocycles. The third kappa shape index (κ3) is 19.8. The average Bonchev–Trinajstić information content (AvgIpc) is 1.64. The number of benzene rings is 2. The smallest absolute Gasteiger partial charge is 0.306 e. The summed E-state index contributed by atoms with van der Waals surface area (Å²) >= 11 is 16.9. The molecule has 0 aliphatic carbocycles. The van der Waals surface area contributed by atoms with Crippen LogP contribution in [-0.2, 0) is 60.9 Å². The van der Waals surface area contributed by atoms with Crippen molar-refractivity contribution in [1.29, 1.82) is 0 Å². The zero-order valence-corrected chi connectivity index (χ0v) is 61.5. The van der Waals surface area contributed by atoms with Crippen LogP contribution in [0.1, 0.15) is 66.2 Å². The first-order valence-electron chi connectivity index (χ1n) is 33.5. The summed E-state index contributed by atoms with van der Waals surface area (Å²) in [6.07, 6.45) is 1.50. The number of nitrogens with zero attached hydrogens (tertiary/aromatic N) is 7. The summed E-state index contributed by atoms with van der Waals surface area (Å²) in [6.45, 7) is 28.1. The monoisotopic (exact) mass is 1450 g/mol. The number of aromatic nitrogens is 6. The van der Waals surface area contributed by atoms with Gasteiger partial charge in [0.1, 0.15) is 61.1 Å². The van der Waals surface area contributed by atoms with E-state index in [1.807, 2.05) is 79.3 Å². The van der Waals surface area contributed by atoms with Gasteiger partial charge in [-0.1, -0.05) is 103 Å². The largest absolute Gasteiger partial charge is 0.463 e. The minimum absolute atomic E-state index is 0.0224. The number of carbonyl (C=O) groups excluding carboxylic acids is 2. The standard InChI is InChI=1S/C34H47ClN4O7Si.C24H29BrClN3O5Si.C10H19NO2/c1-21(2)45-29(41)16-22-10-12-38(13-11-22)24-8-6-23(7-9-24)30-25(35)17-26-33(37-30)39(20-42-14-15-47(3,4)5)34(36-26)46-28-19-44-31-27(40)18-43-32(28)31;1-35(2,3)9-8-31-13-29-23-17(10-16(26)20(28-23)14-4-6-15(25)7-5-14)27-24(29)34-19-12-33-21-18(30)11-32-22(19)21;1-8(2)13-10(12)7-9-3-5-11-6-4-9/h6-9,17,21-22,27-28,31-32,40H,10-16,18-20H2,1-5H3;4-7,10,18-19,21-22,30H,8-9,11-13H2,1-3H3;8-9,11H,3-7H2,1-2H3/t27-,28-,31-,32-;18-,19-,21-,22-;/m11./s1. The van der Waals surface area contributed by atoms with Gasteiger partial charge in [0.05, 0.1) is 60.1 Å². The van der Waals surface area contributed by atoms with Gasteiger partial charge in [-0.3, -0.25) is 18.7 Å². The van der Waals surface area contributed by atoms with Crippen LogP contribution >= 0.6 is 39.1 Å². The first-order chi connectivity index (χ1) is 45.3. The summed E-state index contributed by atoms with van der Waals surface area (Å²) in [6, 6.07) is 22.5. The van der Waals surface area contributed by atoms with E-state index in [1.165, 1.54) is 0 Å². The summed E-state index contributed by atoms with van der Waals surface area (Å²) < 4.78 is 63.0. The van der Waals surface area contributed by atoms with Gasteiger partial charge in [0, 0.05) is 76.6 Å². The van der Waals surface area contributed by atoms with Crippen molar-refractivity contribution in [3.8, 4) is 34.5 Å². The molecule has 95 heavy (non-hydrogen) atoms. The van der Waals surface area contributed by atoms with Crippen molar-refractivity contribution in [2.45, 2.75) is 192 Å². The topological polar surface area (TPSA) is 244 Å². The van der Waals surface area contributed by atoms with Crippen LogP contribution in [0.25, 0.3) is 44.8 Å². The van der Waals surface area contributed by atoms with Crippen LogP contribution in [0.4, 0.5) is 5.69 Å². The highest BCUT2D eigenvalue weighted by Crippen LogP contribution is 2.38. The summed E-state index contributed by atoms with van der Waals surface area (Å²) in [5.41, 5.74) is 6.67. The number of imidazole rings is 2. The van der Waals surface area contributed by atoms with E-state index in [4.69, 9.17) is 85.5 Å². The Labute approximate surface area is 577 Å². The van der Waals surface area contributed by atoms with Gasteiger partial charge in [-0.2, -0.15) is 9.97 Å². The number of rotatable bonds is 23. The third-order valence-corrected chi connectivity index (χ3v) is 22.0. The fraction of sp³-hybridized carbons (Fsp3) is 0.618. The third-order valence-electron chi connectivity index (χ3n) is 17.5. The molecule has 22 nitrogen and oxygen atoms in total. The van der Waals surface area contributed by atoms with Crippen molar-refractivity contribution in [3.05, 3.63) is 75.2 Å². The number of esters is 2. The highest BCUT2D eigenvalue weighted by molar-refractivity contribution is 9.10. The first kappa shape index (κ1) is 72.9. The molecule has 6 fully saturated rings. The van der Waals surface area contributed by atoms with E-state index >= 15 is 0 Å². The van der Waals surface area contributed by atoms with E-state index in [1.54, 1.807) is 6.07 Å². The van der Waals surface area contributed by atoms with Gasteiger partial charge in [0.2, 0.25) is 0 Å². The van der Waals surface area contributed by atoms with Gasteiger partial charge in [-0.05, 0) is 127 Å². The molecule has 6 saturated heterocycles. The van der Waals surface area contributed by atoms with E-state index in [0.717, 1.165) is 85.2 Å². The van der Waals surface area contributed by atoms with Crippen molar-refractivity contribution >= 4 is 95.2 Å². The number of fused-ring (bicyclic) bond motifs is 4. The Kier molecular flexibility index (Phi) is 25.2. The molecule has 12 rings (SSSR count). The van der Waals surface area contributed by atoms with E-state index in [9.17, 15) is 19.8 Å². The number of carbonyl (C=O) groups is 2.